The van der Waals surface area contributed by atoms with Crippen LogP contribution in [0.5, 0.6) is 0 Å². The lowest BCUT2D eigenvalue weighted by Gasteiger charge is -2.22. The normalized spacial score (nSPS) is 22.6. The number of esters is 2. The number of hydrogen-bond donors (Lipinski definition) is 0. The van der Waals surface area contributed by atoms with E-state index in [0.29, 0.717) is 0 Å². The first-order chi connectivity index (χ1) is 8.09. The van der Waals surface area contributed by atoms with E-state index in [4.69, 9.17) is 9.47 Å². The number of ether oxygens (including phenoxy) is 2. The van der Waals surface area contributed by atoms with Crippen LogP contribution < -0.4 is 0 Å². The smallest absolute Gasteiger partial charge is 0.334 e. The molecular weight excluding hydrogens is 220 g/mol. The summed E-state index contributed by atoms with van der Waals surface area (Å²) in [5, 5.41) is 0. The highest BCUT2D eigenvalue weighted by molar-refractivity contribution is 5.83. The summed E-state index contributed by atoms with van der Waals surface area (Å²) >= 11 is 0. The van der Waals surface area contributed by atoms with Gasteiger partial charge < -0.3 is 9.47 Å². The Morgan fingerprint density at radius 1 is 1.24 bits per heavy atom. The SMILES string of the molecule is CC1(OC(=O)/C=C/OC(=O)C2CC2)CCCC1. The third-order valence-corrected chi connectivity index (χ3v) is 3.31. The van der Waals surface area contributed by atoms with Crippen LogP contribution in [0.4, 0.5) is 0 Å². The molecule has 0 aromatic rings. The first-order valence-electron chi connectivity index (χ1n) is 6.19. The molecule has 0 radical (unpaired) electrons. The Hall–Kier alpha value is -1.32. The summed E-state index contributed by atoms with van der Waals surface area (Å²) in [5.41, 5.74) is -0.331. The van der Waals surface area contributed by atoms with Crippen molar-refractivity contribution in [3.63, 3.8) is 0 Å². The summed E-state index contributed by atoms with van der Waals surface area (Å²) < 4.78 is 10.2. The third-order valence-electron chi connectivity index (χ3n) is 3.31. The Morgan fingerprint density at radius 3 is 2.47 bits per heavy atom. The van der Waals surface area contributed by atoms with Crippen molar-refractivity contribution < 1.29 is 19.1 Å². The van der Waals surface area contributed by atoms with E-state index in [1.165, 1.54) is 6.08 Å². The van der Waals surface area contributed by atoms with Crippen LogP contribution in [0.25, 0.3) is 0 Å². The van der Waals surface area contributed by atoms with Gasteiger partial charge in [-0.15, -0.1) is 0 Å². The van der Waals surface area contributed by atoms with Gasteiger partial charge in [0.2, 0.25) is 0 Å². The lowest BCUT2D eigenvalue weighted by Crippen LogP contribution is -2.27. The second-order valence-electron chi connectivity index (χ2n) is 5.09. The van der Waals surface area contributed by atoms with Gasteiger partial charge in [0, 0.05) is 0 Å². The molecule has 2 rings (SSSR count). The summed E-state index contributed by atoms with van der Waals surface area (Å²) in [5.74, 6) is -0.637. The van der Waals surface area contributed by atoms with E-state index in [1.807, 2.05) is 6.92 Å². The van der Waals surface area contributed by atoms with Crippen molar-refractivity contribution in [2.45, 2.75) is 51.0 Å². The van der Waals surface area contributed by atoms with Crippen molar-refractivity contribution in [2.75, 3.05) is 0 Å². The minimum Gasteiger partial charge on any atom is -0.456 e. The van der Waals surface area contributed by atoms with Gasteiger partial charge >= 0.3 is 11.9 Å². The summed E-state index contributed by atoms with van der Waals surface area (Å²) in [6.07, 6.45) is 8.15. The fourth-order valence-corrected chi connectivity index (χ4v) is 2.07. The van der Waals surface area contributed by atoms with E-state index in [1.54, 1.807) is 0 Å². The van der Waals surface area contributed by atoms with Gasteiger partial charge in [0.25, 0.3) is 0 Å². The number of rotatable bonds is 4. The summed E-state index contributed by atoms with van der Waals surface area (Å²) in [7, 11) is 0. The highest BCUT2D eigenvalue weighted by atomic mass is 16.6. The van der Waals surface area contributed by atoms with Gasteiger partial charge in [-0.3, -0.25) is 4.79 Å². The lowest BCUT2D eigenvalue weighted by molar-refractivity contribution is -0.151. The maximum atomic E-state index is 11.5. The lowest BCUT2D eigenvalue weighted by atomic mass is 10.1. The van der Waals surface area contributed by atoms with Crippen molar-refractivity contribution in [3.05, 3.63) is 12.3 Å². The Morgan fingerprint density at radius 2 is 1.88 bits per heavy atom. The van der Waals surface area contributed by atoms with E-state index in [2.05, 4.69) is 0 Å². The molecule has 0 unspecified atom stereocenters. The Bertz CT molecular complexity index is 335. The molecule has 0 heterocycles. The van der Waals surface area contributed by atoms with Crippen molar-refractivity contribution >= 4 is 11.9 Å². The molecule has 0 aromatic carbocycles. The van der Waals surface area contributed by atoms with Crippen molar-refractivity contribution in [1.82, 2.24) is 0 Å². The van der Waals surface area contributed by atoms with E-state index in [9.17, 15) is 9.59 Å². The Kier molecular flexibility index (Phi) is 3.50. The molecule has 0 bridgehead atoms. The average Bonchev–Trinajstić information content (AvgIpc) is 3.03. The zero-order valence-corrected chi connectivity index (χ0v) is 10.1. The van der Waals surface area contributed by atoms with Crippen LogP contribution in [0.3, 0.4) is 0 Å². The quantitative estimate of drug-likeness (QED) is 0.428. The van der Waals surface area contributed by atoms with Gasteiger partial charge in [-0.2, -0.15) is 0 Å². The van der Waals surface area contributed by atoms with E-state index < -0.39 is 5.97 Å². The monoisotopic (exact) mass is 238 g/mol. The topological polar surface area (TPSA) is 52.6 Å². The maximum Gasteiger partial charge on any atom is 0.334 e. The molecule has 4 nitrogen and oxygen atoms in total. The first kappa shape index (κ1) is 12.1. The molecule has 0 amide bonds. The van der Waals surface area contributed by atoms with E-state index in [-0.39, 0.29) is 17.5 Å². The number of carbonyl (C=O) groups is 2. The molecule has 0 spiro atoms. The highest BCUT2D eigenvalue weighted by Crippen LogP contribution is 2.32. The van der Waals surface area contributed by atoms with Crippen LogP contribution in [0.15, 0.2) is 12.3 Å². The Labute approximate surface area is 101 Å². The van der Waals surface area contributed by atoms with Crippen molar-refractivity contribution in [1.29, 1.82) is 0 Å². The standard InChI is InChI=1S/C13H18O4/c1-13(7-2-3-8-13)17-11(14)6-9-16-12(15)10-4-5-10/h6,9-10H,2-5,7-8H2,1H3/b9-6+. The maximum absolute atomic E-state index is 11.5. The van der Waals surface area contributed by atoms with Gasteiger partial charge in [-0.05, 0) is 45.4 Å². The molecular formula is C13H18O4. The fraction of sp³-hybridized carbons (Fsp3) is 0.692. The van der Waals surface area contributed by atoms with Gasteiger partial charge in [-0.1, -0.05) is 0 Å². The zero-order chi connectivity index (χ0) is 12.3. The molecule has 2 aliphatic carbocycles. The molecule has 4 heteroatoms. The van der Waals surface area contributed by atoms with Gasteiger partial charge in [0.1, 0.15) is 11.9 Å². The summed E-state index contributed by atoms with van der Waals surface area (Å²) in [6, 6.07) is 0. The molecule has 2 saturated carbocycles. The van der Waals surface area contributed by atoms with Gasteiger partial charge in [0.05, 0.1) is 12.0 Å². The van der Waals surface area contributed by atoms with Crippen LogP contribution in [0.2, 0.25) is 0 Å². The van der Waals surface area contributed by atoms with Crippen LogP contribution in [-0.2, 0) is 19.1 Å². The molecule has 94 valence electrons. The molecule has 2 fully saturated rings. The summed E-state index contributed by atoms with van der Waals surface area (Å²) in [4.78, 5) is 22.6. The van der Waals surface area contributed by atoms with Crippen molar-refractivity contribution in [3.8, 4) is 0 Å². The molecule has 0 aliphatic heterocycles. The molecule has 2 aliphatic rings. The first-order valence-corrected chi connectivity index (χ1v) is 6.19. The third kappa shape index (κ3) is 3.58. The fourth-order valence-electron chi connectivity index (χ4n) is 2.07. The second-order valence-corrected chi connectivity index (χ2v) is 5.09. The van der Waals surface area contributed by atoms with Crippen LogP contribution >= 0.6 is 0 Å². The highest BCUT2D eigenvalue weighted by Gasteiger charge is 2.32. The van der Waals surface area contributed by atoms with Crippen LogP contribution in [0.1, 0.15) is 45.4 Å². The molecule has 0 aromatic heterocycles. The van der Waals surface area contributed by atoms with E-state index >= 15 is 0 Å². The van der Waals surface area contributed by atoms with E-state index in [0.717, 1.165) is 44.8 Å². The van der Waals surface area contributed by atoms with Gasteiger partial charge in [-0.25, -0.2) is 4.79 Å². The zero-order valence-electron chi connectivity index (χ0n) is 10.1. The summed E-state index contributed by atoms with van der Waals surface area (Å²) in [6.45, 7) is 1.95. The molecule has 17 heavy (non-hydrogen) atoms. The Balaban J connectivity index is 1.72. The molecule has 0 atom stereocenters. The predicted octanol–water partition coefficient (Wildman–Crippen LogP) is 2.33. The van der Waals surface area contributed by atoms with Gasteiger partial charge in [0.15, 0.2) is 0 Å². The second kappa shape index (κ2) is 4.90. The molecule has 0 N–H and O–H groups in total. The van der Waals surface area contributed by atoms with Crippen molar-refractivity contribution in [2.24, 2.45) is 5.92 Å². The van der Waals surface area contributed by atoms with Crippen LogP contribution in [-0.4, -0.2) is 17.5 Å². The minimum atomic E-state index is -0.432. The number of hydrogen-bond acceptors (Lipinski definition) is 4. The predicted molar refractivity (Wildman–Crippen MR) is 60.9 cm³/mol. The number of carbonyl (C=O) groups excluding carboxylic acids is 2. The van der Waals surface area contributed by atoms with Crippen LogP contribution in [0, 0.1) is 5.92 Å². The molecule has 0 saturated heterocycles. The largest absolute Gasteiger partial charge is 0.456 e. The minimum absolute atomic E-state index is 0.0445. The average molecular weight is 238 g/mol.